The van der Waals surface area contributed by atoms with Crippen molar-refractivity contribution in [3.63, 3.8) is 0 Å². The molecule has 0 spiro atoms. The summed E-state index contributed by atoms with van der Waals surface area (Å²) in [5, 5.41) is 6.25. The summed E-state index contributed by atoms with van der Waals surface area (Å²) in [7, 11) is 0. The Hall–Kier alpha value is -1.42. The highest BCUT2D eigenvalue weighted by molar-refractivity contribution is 9.09. The number of hydrogen-bond donors (Lipinski definition) is 0. The Balaban J connectivity index is 1.59. The maximum Gasteiger partial charge on any atom is 0.158 e. The number of unbranched alkanes of at least 4 members (excludes halogenated alkanes) is 2. The summed E-state index contributed by atoms with van der Waals surface area (Å²) in [5.41, 5.74) is 1.33. The van der Waals surface area contributed by atoms with Crippen molar-refractivity contribution in [2.45, 2.75) is 50.9 Å². The third-order valence-electron chi connectivity index (χ3n) is 5.44. The first kappa shape index (κ1) is 18.9. The molecule has 3 aromatic carbocycles. The number of alkyl halides is 1. The van der Waals surface area contributed by atoms with E-state index in [9.17, 15) is 0 Å². The van der Waals surface area contributed by atoms with E-state index in [1.807, 2.05) is 0 Å². The second-order valence-corrected chi connectivity index (χ2v) is 8.13. The molecule has 1 fully saturated rings. The molecule has 2 unspecified atom stereocenters. The van der Waals surface area contributed by atoms with Crippen LogP contribution in [0.1, 0.15) is 50.2 Å². The van der Waals surface area contributed by atoms with Gasteiger partial charge in [-0.05, 0) is 65.3 Å². The van der Waals surface area contributed by atoms with Crippen LogP contribution >= 0.6 is 15.9 Å². The largest absolute Gasteiger partial charge is 0.353 e. The molecule has 0 aromatic heterocycles. The van der Waals surface area contributed by atoms with Crippen molar-refractivity contribution >= 4 is 37.5 Å². The topological polar surface area (TPSA) is 18.5 Å². The predicted octanol–water partition coefficient (Wildman–Crippen LogP) is 7.14. The number of hydrogen-bond acceptors (Lipinski definition) is 2. The van der Waals surface area contributed by atoms with E-state index in [1.54, 1.807) is 0 Å². The fourth-order valence-corrected chi connectivity index (χ4v) is 4.50. The molecule has 1 heterocycles. The molecular weight excluding hydrogens is 400 g/mol. The van der Waals surface area contributed by atoms with Crippen molar-refractivity contribution < 1.29 is 9.47 Å². The van der Waals surface area contributed by atoms with Crippen LogP contribution in [0.15, 0.2) is 54.6 Å². The van der Waals surface area contributed by atoms with Crippen LogP contribution in [0.3, 0.4) is 0 Å². The molecule has 2 atom stereocenters. The smallest absolute Gasteiger partial charge is 0.158 e. The molecule has 0 bridgehead atoms. The lowest BCUT2D eigenvalue weighted by atomic mass is 9.90. The summed E-state index contributed by atoms with van der Waals surface area (Å²) in [6.45, 7) is 0.792. The third-order valence-corrected chi connectivity index (χ3v) is 6.00. The van der Waals surface area contributed by atoms with Crippen LogP contribution in [-0.4, -0.2) is 18.2 Å². The normalized spacial score (nSPS) is 20.3. The van der Waals surface area contributed by atoms with E-state index in [1.165, 1.54) is 39.9 Å². The molecule has 1 aliphatic rings. The van der Waals surface area contributed by atoms with Gasteiger partial charge in [-0.15, -0.1) is 0 Å². The van der Waals surface area contributed by atoms with Gasteiger partial charge in [-0.1, -0.05) is 70.9 Å². The molecule has 27 heavy (non-hydrogen) atoms. The Bertz CT molecular complexity index is 838. The van der Waals surface area contributed by atoms with Crippen LogP contribution < -0.4 is 0 Å². The molecular formula is C24H27BrO2. The van der Waals surface area contributed by atoms with Gasteiger partial charge in [0.25, 0.3) is 0 Å². The van der Waals surface area contributed by atoms with Gasteiger partial charge in [-0.2, -0.15) is 0 Å². The average Bonchev–Trinajstić information content (AvgIpc) is 2.72. The monoisotopic (exact) mass is 426 g/mol. The van der Waals surface area contributed by atoms with Gasteiger partial charge in [-0.25, -0.2) is 0 Å². The van der Waals surface area contributed by atoms with E-state index >= 15 is 0 Å². The number of halogens is 1. The fourth-order valence-electron chi connectivity index (χ4n) is 4.11. The molecule has 3 heteroatoms. The minimum atomic E-state index is -0.0783. The van der Waals surface area contributed by atoms with Crippen molar-refractivity contribution in [1.82, 2.24) is 0 Å². The van der Waals surface area contributed by atoms with E-state index in [0.717, 1.165) is 37.6 Å². The molecule has 0 saturated carbocycles. The van der Waals surface area contributed by atoms with Gasteiger partial charge < -0.3 is 9.47 Å². The summed E-state index contributed by atoms with van der Waals surface area (Å²) < 4.78 is 12.5. The lowest BCUT2D eigenvalue weighted by Gasteiger charge is -2.31. The highest BCUT2D eigenvalue weighted by Crippen LogP contribution is 2.40. The van der Waals surface area contributed by atoms with Crippen molar-refractivity contribution in [3.8, 4) is 0 Å². The lowest BCUT2D eigenvalue weighted by Crippen LogP contribution is -2.25. The summed E-state index contributed by atoms with van der Waals surface area (Å²) in [4.78, 5) is 0. The molecule has 3 aromatic rings. The minimum Gasteiger partial charge on any atom is -0.353 e. The molecule has 0 N–H and O–H groups in total. The van der Waals surface area contributed by atoms with Crippen molar-refractivity contribution in [2.24, 2.45) is 0 Å². The maximum absolute atomic E-state index is 6.46. The van der Waals surface area contributed by atoms with Gasteiger partial charge in [0, 0.05) is 11.9 Å². The Morgan fingerprint density at radius 2 is 1.59 bits per heavy atom. The van der Waals surface area contributed by atoms with E-state index in [0.29, 0.717) is 0 Å². The van der Waals surface area contributed by atoms with Crippen molar-refractivity contribution in [3.05, 3.63) is 60.2 Å². The zero-order valence-corrected chi connectivity index (χ0v) is 17.3. The first-order chi connectivity index (χ1) is 13.4. The number of fused-ring (bicyclic) bond motifs is 2. The van der Waals surface area contributed by atoms with Crippen molar-refractivity contribution in [2.75, 3.05) is 11.9 Å². The van der Waals surface area contributed by atoms with E-state index in [2.05, 4.69) is 70.5 Å². The highest BCUT2D eigenvalue weighted by atomic mass is 79.9. The third kappa shape index (κ3) is 4.37. The van der Waals surface area contributed by atoms with Crippen LogP contribution in [-0.2, 0) is 9.47 Å². The number of benzene rings is 3. The zero-order chi connectivity index (χ0) is 18.5. The van der Waals surface area contributed by atoms with E-state index in [-0.39, 0.29) is 12.4 Å². The molecule has 1 aliphatic heterocycles. The van der Waals surface area contributed by atoms with Gasteiger partial charge >= 0.3 is 0 Å². The highest BCUT2D eigenvalue weighted by Gasteiger charge is 2.26. The molecule has 0 amide bonds. The molecule has 0 radical (unpaired) electrons. The predicted molar refractivity (Wildman–Crippen MR) is 117 cm³/mol. The number of rotatable bonds is 7. The molecule has 1 saturated heterocycles. The van der Waals surface area contributed by atoms with Crippen molar-refractivity contribution in [1.29, 1.82) is 0 Å². The quantitative estimate of drug-likeness (QED) is 0.227. The van der Waals surface area contributed by atoms with E-state index in [4.69, 9.17) is 9.47 Å². The summed E-state index contributed by atoms with van der Waals surface area (Å²) in [6.07, 6.45) is 6.74. The Morgan fingerprint density at radius 3 is 2.30 bits per heavy atom. The standard InChI is InChI=1S/C24H27BrO2/c25-15-6-1-7-16-26-23-14-8-13-22(27-23)24-20-11-4-2-9-18(20)17-19-10-3-5-12-21(19)24/h2-5,9-12,17,22-23H,1,6-8,13-16H2. The van der Waals surface area contributed by atoms with Gasteiger partial charge in [0.2, 0.25) is 0 Å². The van der Waals surface area contributed by atoms with Crippen LogP contribution in [0, 0.1) is 0 Å². The summed E-state index contributed by atoms with van der Waals surface area (Å²) in [5.74, 6) is 0. The van der Waals surface area contributed by atoms with Crippen LogP contribution in [0.5, 0.6) is 0 Å². The van der Waals surface area contributed by atoms with Crippen LogP contribution in [0.4, 0.5) is 0 Å². The maximum atomic E-state index is 6.46. The molecule has 0 aliphatic carbocycles. The van der Waals surface area contributed by atoms with Gasteiger partial charge in [0.15, 0.2) is 6.29 Å². The Kier molecular flexibility index (Phi) is 6.43. The minimum absolute atomic E-state index is 0.0783. The van der Waals surface area contributed by atoms with Gasteiger partial charge in [0.1, 0.15) is 0 Å². The lowest BCUT2D eigenvalue weighted by molar-refractivity contribution is -0.195. The average molecular weight is 427 g/mol. The number of ether oxygens (including phenoxy) is 2. The molecule has 4 rings (SSSR count). The van der Waals surface area contributed by atoms with Crippen LogP contribution in [0.2, 0.25) is 0 Å². The second-order valence-electron chi connectivity index (χ2n) is 7.34. The first-order valence-corrected chi connectivity index (χ1v) is 11.2. The summed E-state index contributed by atoms with van der Waals surface area (Å²) >= 11 is 3.49. The van der Waals surface area contributed by atoms with Gasteiger partial charge in [0.05, 0.1) is 6.10 Å². The zero-order valence-electron chi connectivity index (χ0n) is 15.7. The van der Waals surface area contributed by atoms with Crippen LogP contribution in [0.25, 0.3) is 21.5 Å². The Labute approximate surface area is 170 Å². The Morgan fingerprint density at radius 1 is 0.889 bits per heavy atom. The molecule has 142 valence electrons. The SMILES string of the molecule is BrCCCCCOC1CCCC(c2c3ccccc3cc3ccccc23)O1. The second kappa shape index (κ2) is 9.18. The first-order valence-electron chi connectivity index (χ1n) is 10.1. The summed E-state index contributed by atoms with van der Waals surface area (Å²) in [6, 6.07) is 19.6. The fraction of sp³-hybridized carbons (Fsp3) is 0.417. The van der Waals surface area contributed by atoms with E-state index < -0.39 is 0 Å². The van der Waals surface area contributed by atoms with Gasteiger partial charge in [-0.3, -0.25) is 0 Å². The molecule has 2 nitrogen and oxygen atoms in total.